The molecule has 0 radical (unpaired) electrons. The average molecular weight is 187 g/mol. The van der Waals surface area contributed by atoms with Crippen LogP contribution in [0.4, 0.5) is 0 Å². The highest BCUT2D eigenvalue weighted by molar-refractivity contribution is 5.76. The number of nitrogens with zero attached hydrogens (tertiary/aromatic N) is 1. The number of rotatable bonds is 5. The van der Waals surface area contributed by atoms with Gasteiger partial charge in [0.25, 0.3) is 0 Å². The van der Waals surface area contributed by atoms with Gasteiger partial charge >= 0.3 is 0 Å². The standard InChI is InChI=1S/C10H21NO2/c1-5-6-7-9(13)11(4)10(2,3)8-12/h12H,5-8H2,1-4H3. The van der Waals surface area contributed by atoms with E-state index in [1.165, 1.54) is 0 Å². The first kappa shape index (κ1) is 12.4. The fraction of sp³-hybridized carbons (Fsp3) is 0.900. The first-order valence-corrected chi connectivity index (χ1v) is 4.83. The van der Waals surface area contributed by atoms with E-state index < -0.39 is 5.54 Å². The summed E-state index contributed by atoms with van der Waals surface area (Å²) in [7, 11) is 1.74. The summed E-state index contributed by atoms with van der Waals surface area (Å²) in [5.41, 5.74) is -0.440. The molecule has 0 bridgehead atoms. The Kier molecular flexibility index (Phi) is 4.99. The molecule has 0 spiro atoms. The van der Waals surface area contributed by atoms with Gasteiger partial charge in [0.1, 0.15) is 0 Å². The second-order valence-electron chi connectivity index (χ2n) is 4.03. The maximum absolute atomic E-state index is 11.5. The van der Waals surface area contributed by atoms with Crippen LogP contribution in [0.25, 0.3) is 0 Å². The van der Waals surface area contributed by atoms with Crippen LogP contribution in [-0.4, -0.2) is 35.1 Å². The third-order valence-corrected chi connectivity index (χ3v) is 2.41. The van der Waals surface area contributed by atoms with Crippen molar-refractivity contribution in [2.45, 2.75) is 45.6 Å². The Morgan fingerprint density at radius 2 is 2.00 bits per heavy atom. The Labute approximate surface area is 80.7 Å². The maximum atomic E-state index is 11.5. The van der Waals surface area contributed by atoms with Gasteiger partial charge in [-0.3, -0.25) is 4.79 Å². The number of carbonyl (C=O) groups excluding carboxylic acids is 1. The molecular weight excluding hydrogens is 166 g/mol. The third kappa shape index (κ3) is 3.77. The maximum Gasteiger partial charge on any atom is 0.222 e. The molecule has 0 fully saturated rings. The number of aliphatic hydroxyl groups excluding tert-OH is 1. The van der Waals surface area contributed by atoms with Crippen molar-refractivity contribution in [2.75, 3.05) is 13.7 Å². The van der Waals surface area contributed by atoms with E-state index in [0.29, 0.717) is 6.42 Å². The molecule has 0 saturated heterocycles. The molecule has 0 aliphatic rings. The van der Waals surface area contributed by atoms with Crippen molar-refractivity contribution in [1.29, 1.82) is 0 Å². The molecule has 0 atom stereocenters. The Morgan fingerprint density at radius 1 is 1.46 bits per heavy atom. The largest absolute Gasteiger partial charge is 0.394 e. The van der Waals surface area contributed by atoms with Gasteiger partial charge in [-0.2, -0.15) is 0 Å². The summed E-state index contributed by atoms with van der Waals surface area (Å²) in [6.07, 6.45) is 2.53. The summed E-state index contributed by atoms with van der Waals surface area (Å²) in [5.74, 6) is 0.112. The van der Waals surface area contributed by atoms with Crippen molar-refractivity contribution in [3.63, 3.8) is 0 Å². The van der Waals surface area contributed by atoms with Crippen LogP contribution in [-0.2, 0) is 4.79 Å². The van der Waals surface area contributed by atoms with E-state index in [9.17, 15) is 4.79 Å². The van der Waals surface area contributed by atoms with E-state index in [0.717, 1.165) is 12.8 Å². The lowest BCUT2D eigenvalue weighted by Gasteiger charge is -2.34. The predicted octanol–water partition coefficient (Wildman–Crippen LogP) is 1.41. The fourth-order valence-corrected chi connectivity index (χ4v) is 0.939. The van der Waals surface area contributed by atoms with Gasteiger partial charge in [0.05, 0.1) is 12.1 Å². The number of likely N-dealkylation sites (N-methyl/N-ethyl adjacent to an activating group) is 1. The van der Waals surface area contributed by atoms with Gasteiger partial charge in [-0.25, -0.2) is 0 Å². The zero-order valence-electron chi connectivity index (χ0n) is 9.13. The predicted molar refractivity (Wildman–Crippen MR) is 53.5 cm³/mol. The summed E-state index contributed by atoms with van der Waals surface area (Å²) < 4.78 is 0. The fourth-order valence-electron chi connectivity index (χ4n) is 0.939. The van der Waals surface area contributed by atoms with Crippen LogP contribution >= 0.6 is 0 Å². The molecule has 0 rings (SSSR count). The summed E-state index contributed by atoms with van der Waals surface area (Å²) in [5, 5.41) is 9.04. The van der Waals surface area contributed by atoms with E-state index in [1.54, 1.807) is 11.9 Å². The smallest absolute Gasteiger partial charge is 0.222 e. The molecule has 78 valence electrons. The second-order valence-corrected chi connectivity index (χ2v) is 4.03. The van der Waals surface area contributed by atoms with Gasteiger partial charge in [-0.05, 0) is 20.3 Å². The van der Waals surface area contributed by atoms with Gasteiger partial charge in [0, 0.05) is 13.5 Å². The van der Waals surface area contributed by atoms with Gasteiger partial charge in [0.15, 0.2) is 0 Å². The van der Waals surface area contributed by atoms with Crippen LogP contribution in [0, 0.1) is 0 Å². The third-order valence-electron chi connectivity index (χ3n) is 2.41. The number of hydrogen-bond donors (Lipinski definition) is 1. The lowest BCUT2D eigenvalue weighted by Crippen LogP contribution is -2.47. The minimum atomic E-state index is -0.440. The first-order chi connectivity index (χ1) is 5.95. The summed E-state index contributed by atoms with van der Waals surface area (Å²) in [6, 6.07) is 0. The number of unbranched alkanes of at least 4 members (excludes halogenated alkanes) is 1. The molecule has 0 saturated carbocycles. The molecule has 0 aromatic heterocycles. The molecule has 0 heterocycles. The molecule has 0 unspecified atom stereocenters. The normalized spacial score (nSPS) is 11.5. The molecule has 3 nitrogen and oxygen atoms in total. The van der Waals surface area contributed by atoms with Crippen LogP contribution in [0.5, 0.6) is 0 Å². The molecular formula is C10H21NO2. The van der Waals surface area contributed by atoms with Crippen LogP contribution in [0.3, 0.4) is 0 Å². The summed E-state index contributed by atoms with van der Waals surface area (Å²) in [6.45, 7) is 5.78. The van der Waals surface area contributed by atoms with Gasteiger partial charge in [-0.15, -0.1) is 0 Å². The van der Waals surface area contributed by atoms with Crippen LogP contribution < -0.4 is 0 Å². The van der Waals surface area contributed by atoms with Crippen molar-refractivity contribution in [1.82, 2.24) is 4.90 Å². The van der Waals surface area contributed by atoms with E-state index >= 15 is 0 Å². The number of hydrogen-bond acceptors (Lipinski definition) is 2. The van der Waals surface area contributed by atoms with Gasteiger partial charge in [0.2, 0.25) is 5.91 Å². The highest BCUT2D eigenvalue weighted by Crippen LogP contribution is 2.13. The van der Waals surface area contributed by atoms with Crippen molar-refractivity contribution < 1.29 is 9.90 Å². The zero-order chi connectivity index (χ0) is 10.5. The highest BCUT2D eigenvalue weighted by atomic mass is 16.3. The van der Waals surface area contributed by atoms with E-state index in [1.807, 2.05) is 13.8 Å². The quantitative estimate of drug-likeness (QED) is 0.707. The molecule has 0 aromatic carbocycles. The minimum absolute atomic E-state index is 0.00135. The van der Waals surface area contributed by atoms with Crippen LogP contribution in [0.1, 0.15) is 40.0 Å². The van der Waals surface area contributed by atoms with Gasteiger partial charge in [-0.1, -0.05) is 13.3 Å². The highest BCUT2D eigenvalue weighted by Gasteiger charge is 2.25. The Morgan fingerprint density at radius 3 is 2.38 bits per heavy atom. The molecule has 0 aromatic rings. The molecule has 13 heavy (non-hydrogen) atoms. The number of aliphatic hydroxyl groups is 1. The van der Waals surface area contributed by atoms with Crippen molar-refractivity contribution >= 4 is 5.91 Å². The second kappa shape index (κ2) is 5.22. The van der Waals surface area contributed by atoms with Crippen molar-refractivity contribution in [2.24, 2.45) is 0 Å². The zero-order valence-corrected chi connectivity index (χ0v) is 9.13. The molecule has 1 N–H and O–H groups in total. The summed E-state index contributed by atoms with van der Waals surface area (Å²) >= 11 is 0. The lowest BCUT2D eigenvalue weighted by molar-refractivity contribution is -0.136. The molecule has 3 heteroatoms. The lowest BCUT2D eigenvalue weighted by atomic mass is 10.0. The Balaban J connectivity index is 4.09. The monoisotopic (exact) mass is 187 g/mol. The van der Waals surface area contributed by atoms with Crippen molar-refractivity contribution in [3.05, 3.63) is 0 Å². The van der Waals surface area contributed by atoms with E-state index in [4.69, 9.17) is 5.11 Å². The minimum Gasteiger partial charge on any atom is -0.394 e. The van der Waals surface area contributed by atoms with E-state index in [2.05, 4.69) is 6.92 Å². The Hall–Kier alpha value is -0.570. The summed E-state index contributed by atoms with van der Waals surface area (Å²) in [4.78, 5) is 13.1. The SMILES string of the molecule is CCCCC(=O)N(C)C(C)(C)CO. The number of amides is 1. The van der Waals surface area contributed by atoms with Gasteiger partial charge < -0.3 is 10.0 Å². The topological polar surface area (TPSA) is 40.5 Å². The molecule has 1 amide bonds. The first-order valence-electron chi connectivity index (χ1n) is 4.83. The number of carbonyl (C=O) groups is 1. The van der Waals surface area contributed by atoms with Crippen LogP contribution in [0.15, 0.2) is 0 Å². The average Bonchev–Trinajstić information content (AvgIpc) is 2.12. The van der Waals surface area contributed by atoms with Crippen LogP contribution in [0.2, 0.25) is 0 Å². The molecule has 0 aliphatic heterocycles. The van der Waals surface area contributed by atoms with E-state index in [-0.39, 0.29) is 12.5 Å². The van der Waals surface area contributed by atoms with Crippen molar-refractivity contribution in [3.8, 4) is 0 Å². The Bertz CT molecular complexity index is 166. The molecule has 0 aliphatic carbocycles.